The minimum atomic E-state index is -0.148. The minimum absolute atomic E-state index is 0.121. The van der Waals surface area contributed by atoms with E-state index in [0.29, 0.717) is 5.82 Å². The van der Waals surface area contributed by atoms with E-state index in [4.69, 9.17) is 16.5 Å². The Labute approximate surface area is 157 Å². The molecule has 2 heterocycles. The van der Waals surface area contributed by atoms with Gasteiger partial charge in [-0.3, -0.25) is 0 Å². The molecule has 0 bridgehead atoms. The van der Waals surface area contributed by atoms with Crippen molar-refractivity contribution in [1.29, 1.82) is 0 Å². The molecule has 6 heteroatoms. The number of pyridine rings is 1. The van der Waals surface area contributed by atoms with Crippen LogP contribution in [0.4, 0.5) is 11.9 Å². The van der Waals surface area contributed by atoms with Crippen molar-refractivity contribution in [2.75, 3.05) is 11.5 Å². The number of anilines is 2. The lowest BCUT2D eigenvalue weighted by Gasteiger charge is -2.17. The SMILES string of the molecule is Cc1cccc2cc(C(C)c3nc(N)nc(N)n3)c(-c3ccccc3)nc12. The van der Waals surface area contributed by atoms with Gasteiger partial charge in [-0.05, 0) is 24.1 Å². The highest BCUT2D eigenvalue weighted by molar-refractivity contribution is 5.86. The van der Waals surface area contributed by atoms with Crippen LogP contribution in [0, 0.1) is 6.92 Å². The maximum atomic E-state index is 5.78. The second kappa shape index (κ2) is 6.64. The number of fused-ring (bicyclic) bond motifs is 1. The number of nitrogens with two attached hydrogens (primary N) is 2. The molecule has 134 valence electrons. The lowest BCUT2D eigenvalue weighted by atomic mass is 9.93. The first kappa shape index (κ1) is 16.9. The topological polar surface area (TPSA) is 104 Å². The molecule has 27 heavy (non-hydrogen) atoms. The molecule has 0 saturated carbocycles. The highest BCUT2D eigenvalue weighted by atomic mass is 15.1. The molecular formula is C21H20N6. The van der Waals surface area contributed by atoms with E-state index in [1.165, 1.54) is 0 Å². The zero-order valence-electron chi connectivity index (χ0n) is 15.2. The molecule has 4 aromatic rings. The molecular weight excluding hydrogens is 336 g/mol. The molecule has 0 fully saturated rings. The largest absolute Gasteiger partial charge is 0.368 e. The van der Waals surface area contributed by atoms with Gasteiger partial charge in [0.15, 0.2) is 0 Å². The zero-order chi connectivity index (χ0) is 19.0. The smallest absolute Gasteiger partial charge is 0.225 e. The maximum Gasteiger partial charge on any atom is 0.225 e. The highest BCUT2D eigenvalue weighted by Crippen LogP contribution is 2.34. The van der Waals surface area contributed by atoms with Crippen LogP contribution in [0.15, 0.2) is 54.6 Å². The fraction of sp³-hybridized carbons (Fsp3) is 0.143. The van der Waals surface area contributed by atoms with E-state index < -0.39 is 0 Å². The third-order valence-electron chi connectivity index (χ3n) is 4.67. The summed E-state index contributed by atoms with van der Waals surface area (Å²) in [6.45, 7) is 4.10. The highest BCUT2D eigenvalue weighted by Gasteiger charge is 2.20. The van der Waals surface area contributed by atoms with Gasteiger partial charge in [0, 0.05) is 16.9 Å². The third kappa shape index (κ3) is 3.17. The first-order valence-corrected chi connectivity index (χ1v) is 8.75. The van der Waals surface area contributed by atoms with Crippen LogP contribution in [0.3, 0.4) is 0 Å². The van der Waals surface area contributed by atoms with Gasteiger partial charge in [0.05, 0.1) is 11.2 Å². The van der Waals surface area contributed by atoms with Crippen LogP contribution >= 0.6 is 0 Å². The van der Waals surface area contributed by atoms with Crippen LogP contribution in [0.1, 0.15) is 29.8 Å². The van der Waals surface area contributed by atoms with Gasteiger partial charge in [0.1, 0.15) is 5.82 Å². The third-order valence-corrected chi connectivity index (χ3v) is 4.67. The van der Waals surface area contributed by atoms with Gasteiger partial charge >= 0.3 is 0 Å². The summed E-state index contributed by atoms with van der Waals surface area (Å²) in [5.41, 5.74) is 16.6. The Balaban J connectivity index is 1.97. The average Bonchev–Trinajstić information content (AvgIpc) is 2.67. The molecule has 4 rings (SSSR count). The first-order chi connectivity index (χ1) is 13.0. The van der Waals surface area contributed by atoms with Gasteiger partial charge in [-0.1, -0.05) is 55.5 Å². The Morgan fingerprint density at radius 3 is 2.22 bits per heavy atom. The molecule has 0 spiro atoms. The minimum Gasteiger partial charge on any atom is -0.368 e. The Hall–Kier alpha value is -3.54. The molecule has 0 saturated heterocycles. The monoisotopic (exact) mass is 356 g/mol. The molecule has 4 N–H and O–H groups in total. The number of aryl methyl sites for hydroxylation is 1. The number of aromatic nitrogens is 4. The van der Waals surface area contributed by atoms with Crippen molar-refractivity contribution < 1.29 is 0 Å². The fourth-order valence-corrected chi connectivity index (χ4v) is 3.28. The van der Waals surface area contributed by atoms with Crippen LogP contribution in [0.25, 0.3) is 22.2 Å². The molecule has 0 radical (unpaired) electrons. The van der Waals surface area contributed by atoms with Crippen LogP contribution in [-0.4, -0.2) is 19.9 Å². The van der Waals surface area contributed by atoms with Crippen molar-refractivity contribution in [3.8, 4) is 11.3 Å². The number of nitrogens with zero attached hydrogens (tertiary/aromatic N) is 4. The Morgan fingerprint density at radius 1 is 0.815 bits per heavy atom. The molecule has 0 aliphatic rings. The first-order valence-electron chi connectivity index (χ1n) is 8.75. The maximum absolute atomic E-state index is 5.78. The molecule has 2 aromatic heterocycles. The molecule has 1 atom stereocenters. The normalized spacial score (nSPS) is 12.2. The van der Waals surface area contributed by atoms with E-state index >= 15 is 0 Å². The molecule has 1 unspecified atom stereocenters. The average molecular weight is 356 g/mol. The number of rotatable bonds is 3. The van der Waals surface area contributed by atoms with E-state index in [1.54, 1.807) is 0 Å². The van der Waals surface area contributed by atoms with Gasteiger partial charge in [-0.25, -0.2) is 4.98 Å². The number of nitrogen functional groups attached to an aromatic ring is 2. The number of hydrogen-bond acceptors (Lipinski definition) is 6. The fourth-order valence-electron chi connectivity index (χ4n) is 3.28. The molecule has 2 aromatic carbocycles. The van der Waals surface area contributed by atoms with E-state index in [9.17, 15) is 0 Å². The van der Waals surface area contributed by atoms with Crippen LogP contribution in [-0.2, 0) is 0 Å². The summed E-state index contributed by atoms with van der Waals surface area (Å²) in [5.74, 6) is 0.626. The Kier molecular flexibility index (Phi) is 4.16. The van der Waals surface area contributed by atoms with Gasteiger partial charge in [-0.15, -0.1) is 0 Å². The van der Waals surface area contributed by atoms with Gasteiger partial charge in [-0.2, -0.15) is 15.0 Å². The quantitative estimate of drug-likeness (QED) is 0.580. The second-order valence-electron chi connectivity index (χ2n) is 6.57. The summed E-state index contributed by atoms with van der Waals surface area (Å²) in [4.78, 5) is 17.5. The second-order valence-corrected chi connectivity index (χ2v) is 6.57. The van der Waals surface area contributed by atoms with Crippen LogP contribution in [0.5, 0.6) is 0 Å². The number of hydrogen-bond donors (Lipinski definition) is 2. The lowest BCUT2D eigenvalue weighted by molar-refractivity contribution is 0.806. The summed E-state index contributed by atoms with van der Waals surface area (Å²) in [5, 5.41) is 1.08. The predicted molar refractivity (Wildman–Crippen MR) is 108 cm³/mol. The van der Waals surface area contributed by atoms with Crippen molar-refractivity contribution in [3.63, 3.8) is 0 Å². The van der Waals surface area contributed by atoms with Crippen molar-refractivity contribution in [2.24, 2.45) is 0 Å². The van der Waals surface area contributed by atoms with E-state index in [0.717, 1.165) is 33.3 Å². The van der Waals surface area contributed by atoms with E-state index in [-0.39, 0.29) is 17.8 Å². The van der Waals surface area contributed by atoms with Crippen LogP contribution in [0.2, 0.25) is 0 Å². The molecule has 0 aliphatic carbocycles. The predicted octanol–water partition coefficient (Wildman–Crippen LogP) is 3.71. The summed E-state index contributed by atoms with van der Waals surface area (Å²) >= 11 is 0. The molecule has 0 amide bonds. The summed E-state index contributed by atoms with van der Waals surface area (Å²) < 4.78 is 0. The Bertz CT molecular complexity index is 1100. The number of para-hydroxylation sites is 1. The van der Waals surface area contributed by atoms with Gasteiger partial charge in [0.25, 0.3) is 0 Å². The lowest BCUT2D eigenvalue weighted by Crippen LogP contribution is -2.11. The number of benzene rings is 2. The van der Waals surface area contributed by atoms with Gasteiger partial charge < -0.3 is 11.5 Å². The van der Waals surface area contributed by atoms with Crippen molar-refractivity contribution >= 4 is 22.8 Å². The summed E-state index contributed by atoms with van der Waals surface area (Å²) in [6.07, 6.45) is 0. The van der Waals surface area contributed by atoms with E-state index in [1.807, 2.05) is 31.2 Å². The molecule has 0 aliphatic heterocycles. The standard InChI is InChI=1S/C21H20N6/c1-12-7-6-10-15-11-16(13(2)19-25-20(22)27-21(23)26-19)18(24-17(12)15)14-8-4-3-5-9-14/h3-11,13H,1-2H3,(H4,22,23,25,26,27). The molecule has 6 nitrogen and oxygen atoms in total. The van der Waals surface area contributed by atoms with Crippen LogP contribution < -0.4 is 11.5 Å². The van der Waals surface area contributed by atoms with Gasteiger partial charge in [0.2, 0.25) is 11.9 Å². The Morgan fingerprint density at radius 2 is 1.52 bits per heavy atom. The van der Waals surface area contributed by atoms with Crippen molar-refractivity contribution in [3.05, 3.63) is 71.5 Å². The van der Waals surface area contributed by atoms with Crippen molar-refractivity contribution in [2.45, 2.75) is 19.8 Å². The van der Waals surface area contributed by atoms with Crippen molar-refractivity contribution in [1.82, 2.24) is 19.9 Å². The summed E-state index contributed by atoms with van der Waals surface area (Å²) in [6, 6.07) is 18.4. The summed E-state index contributed by atoms with van der Waals surface area (Å²) in [7, 11) is 0. The van der Waals surface area contributed by atoms with E-state index in [2.05, 4.69) is 52.2 Å². The zero-order valence-corrected chi connectivity index (χ0v) is 15.2.